The zero-order chi connectivity index (χ0) is 13.9. The van der Waals surface area contributed by atoms with Crippen molar-refractivity contribution in [1.29, 1.82) is 0 Å². The zero-order valence-corrected chi connectivity index (χ0v) is 11.7. The highest BCUT2D eigenvalue weighted by atomic mass is 32.1. The van der Waals surface area contributed by atoms with E-state index in [1.54, 1.807) is 17.4 Å². The quantitative estimate of drug-likeness (QED) is 0.440. The number of nitrogens with zero attached hydrogens (tertiary/aromatic N) is 2. The van der Waals surface area contributed by atoms with Gasteiger partial charge in [-0.05, 0) is 22.9 Å². The van der Waals surface area contributed by atoms with Gasteiger partial charge in [-0.1, -0.05) is 6.07 Å². The average Bonchev–Trinajstić information content (AvgIpc) is 3.19. The number of carbonyl (C=O) groups is 1. The van der Waals surface area contributed by atoms with Gasteiger partial charge in [0.05, 0.1) is 4.88 Å². The fraction of sp³-hybridized carbons (Fsp3) is 0. The number of hydrogen-bond acceptors (Lipinski definition) is 6. The monoisotopic (exact) mass is 303 g/mol. The molecule has 0 aromatic carbocycles. The summed E-state index contributed by atoms with van der Waals surface area (Å²) in [6.07, 6.45) is 2.48. The predicted octanol–water partition coefficient (Wildman–Crippen LogP) is 3.38. The number of aliphatic hydroxyl groups is 1. The molecule has 0 atom stereocenters. The van der Waals surface area contributed by atoms with Crippen molar-refractivity contribution in [2.24, 2.45) is 0 Å². The molecule has 20 heavy (non-hydrogen) atoms. The van der Waals surface area contributed by atoms with E-state index in [1.807, 2.05) is 22.9 Å². The number of thiophene rings is 2. The molecular formula is C13H9N3O2S2. The Balaban J connectivity index is 1.93. The molecule has 2 N–H and O–H groups in total. The number of carbonyl (C=O) groups excluding carboxylic acids is 1. The average molecular weight is 303 g/mol. The first-order valence-electron chi connectivity index (χ1n) is 5.68. The van der Waals surface area contributed by atoms with Crippen LogP contribution in [0, 0.1) is 0 Å². The van der Waals surface area contributed by atoms with E-state index in [-0.39, 0.29) is 17.4 Å². The number of nitrogens with one attached hydrogen (secondary N) is 1. The van der Waals surface area contributed by atoms with Gasteiger partial charge in [0.1, 0.15) is 6.33 Å². The van der Waals surface area contributed by atoms with E-state index >= 15 is 0 Å². The van der Waals surface area contributed by atoms with Crippen LogP contribution in [0.3, 0.4) is 0 Å². The van der Waals surface area contributed by atoms with Gasteiger partial charge < -0.3 is 5.11 Å². The molecule has 0 aliphatic heterocycles. The van der Waals surface area contributed by atoms with Crippen LogP contribution in [0.2, 0.25) is 0 Å². The lowest BCUT2D eigenvalue weighted by Crippen LogP contribution is -1.97. The highest BCUT2D eigenvalue weighted by Crippen LogP contribution is 2.33. The molecule has 0 saturated heterocycles. The first-order valence-corrected chi connectivity index (χ1v) is 7.44. The minimum Gasteiger partial charge on any atom is -0.504 e. The van der Waals surface area contributed by atoms with Gasteiger partial charge in [-0.3, -0.25) is 9.89 Å². The molecule has 0 radical (unpaired) electrons. The Morgan fingerprint density at radius 3 is 2.90 bits per heavy atom. The Kier molecular flexibility index (Phi) is 3.44. The summed E-state index contributed by atoms with van der Waals surface area (Å²) in [5.74, 6) is -0.414. The van der Waals surface area contributed by atoms with Gasteiger partial charge >= 0.3 is 0 Å². The van der Waals surface area contributed by atoms with E-state index in [4.69, 9.17) is 0 Å². The summed E-state index contributed by atoms with van der Waals surface area (Å²) < 4.78 is 0. The minimum absolute atomic E-state index is 0.103. The summed E-state index contributed by atoms with van der Waals surface area (Å²) in [5, 5.41) is 19.8. The van der Waals surface area contributed by atoms with Crippen molar-refractivity contribution in [2.45, 2.75) is 0 Å². The molecular weight excluding hydrogens is 294 g/mol. The summed E-state index contributed by atoms with van der Waals surface area (Å²) in [5.41, 5.74) is 0.569. The molecule has 0 aliphatic carbocycles. The summed E-state index contributed by atoms with van der Waals surface area (Å²) in [4.78, 5) is 18.0. The molecule has 0 bridgehead atoms. The Labute approximate surface area is 122 Å². The molecule has 7 heteroatoms. The van der Waals surface area contributed by atoms with Gasteiger partial charge in [0.25, 0.3) is 0 Å². The molecule has 3 aromatic heterocycles. The van der Waals surface area contributed by atoms with Gasteiger partial charge in [-0.25, -0.2) is 4.98 Å². The maximum atomic E-state index is 12.2. The van der Waals surface area contributed by atoms with Crippen molar-refractivity contribution in [1.82, 2.24) is 15.2 Å². The van der Waals surface area contributed by atoms with Crippen LogP contribution in [-0.4, -0.2) is 26.1 Å². The van der Waals surface area contributed by atoms with E-state index < -0.39 is 0 Å². The van der Waals surface area contributed by atoms with Gasteiger partial charge in [-0.2, -0.15) is 5.10 Å². The smallest absolute Gasteiger partial charge is 0.215 e. The number of hydrogen-bond donors (Lipinski definition) is 2. The van der Waals surface area contributed by atoms with Gasteiger partial charge in [0, 0.05) is 16.5 Å². The van der Waals surface area contributed by atoms with Crippen LogP contribution >= 0.6 is 22.7 Å². The maximum absolute atomic E-state index is 12.2. The highest BCUT2D eigenvalue weighted by molar-refractivity contribution is 7.20. The number of rotatable bonds is 4. The van der Waals surface area contributed by atoms with Gasteiger partial charge in [-0.15, -0.1) is 22.7 Å². The van der Waals surface area contributed by atoms with Crippen molar-refractivity contribution in [3.63, 3.8) is 0 Å². The Hall–Kier alpha value is -2.25. The standard InChI is InChI=1S/C13H9N3O2S2/c17-9(6-10(18)13-14-7-15-16-13)8-3-5-20-12(8)11-2-1-4-19-11/h1-7,18H,(H,14,15,16). The van der Waals surface area contributed by atoms with Crippen LogP contribution < -0.4 is 0 Å². The summed E-state index contributed by atoms with van der Waals surface area (Å²) in [6, 6.07) is 5.66. The van der Waals surface area contributed by atoms with Crippen molar-refractivity contribution < 1.29 is 9.90 Å². The molecule has 0 amide bonds. The Bertz CT molecular complexity index is 743. The number of allylic oxidation sites excluding steroid dienone is 1. The first-order chi connectivity index (χ1) is 9.75. The van der Waals surface area contributed by atoms with E-state index in [2.05, 4.69) is 15.2 Å². The van der Waals surface area contributed by atoms with E-state index in [0.717, 1.165) is 15.8 Å². The number of H-pyrrole nitrogens is 1. The minimum atomic E-state index is -0.267. The predicted molar refractivity (Wildman–Crippen MR) is 79.0 cm³/mol. The zero-order valence-electron chi connectivity index (χ0n) is 10.1. The third kappa shape index (κ3) is 2.40. The molecule has 5 nitrogen and oxygen atoms in total. The SMILES string of the molecule is O=C(C=C(O)c1nc[nH]n1)c1ccsc1-c1cccs1. The van der Waals surface area contributed by atoms with Crippen LogP contribution in [0.25, 0.3) is 15.5 Å². The number of aromatic nitrogens is 3. The molecule has 0 spiro atoms. The van der Waals surface area contributed by atoms with Crippen molar-refractivity contribution >= 4 is 34.2 Å². The molecule has 100 valence electrons. The fourth-order valence-corrected chi connectivity index (χ4v) is 3.49. The lowest BCUT2D eigenvalue weighted by molar-refractivity contribution is 0.104. The summed E-state index contributed by atoms with van der Waals surface area (Å²) in [7, 11) is 0. The second kappa shape index (κ2) is 5.40. The summed E-state index contributed by atoms with van der Waals surface area (Å²) in [6.45, 7) is 0. The van der Waals surface area contributed by atoms with Crippen LogP contribution in [0.5, 0.6) is 0 Å². The Morgan fingerprint density at radius 2 is 2.20 bits per heavy atom. The van der Waals surface area contributed by atoms with Crippen LogP contribution in [-0.2, 0) is 0 Å². The highest BCUT2D eigenvalue weighted by Gasteiger charge is 2.15. The molecule has 3 aromatic rings. The molecule has 3 rings (SSSR count). The van der Waals surface area contributed by atoms with Crippen molar-refractivity contribution in [2.75, 3.05) is 0 Å². The van der Waals surface area contributed by atoms with Crippen molar-refractivity contribution in [3.8, 4) is 9.75 Å². The topological polar surface area (TPSA) is 78.9 Å². The fourth-order valence-electron chi connectivity index (χ4n) is 1.70. The largest absolute Gasteiger partial charge is 0.504 e. The van der Waals surface area contributed by atoms with E-state index in [1.165, 1.54) is 17.7 Å². The van der Waals surface area contributed by atoms with Crippen molar-refractivity contribution in [3.05, 3.63) is 52.8 Å². The first kappa shape index (κ1) is 12.8. The maximum Gasteiger partial charge on any atom is 0.215 e. The second-order valence-electron chi connectivity index (χ2n) is 3.86. The molecule has 0 aliphatic rings. The Morgan fingerprint density at radius 1 is 1.30 bits per heavy atom. The summed E-state index contributed by atoms with van der Waals surface area (Å²) >= 11 is 3.08. The van der Waals surface area contributed by atoms with Gasteiger partial charge in [0.2, 0.25) is 5.82 Å². The van der Waals surface area contributed by atoms with Crippen LogP contribution in [0.4, 0.5) is 0 Å². The second-order valence-corrected chi connectivity index (χ2v) is 5.72. The van der Waals surface area contributed by atoms with Gasteiger partial charge in [0.15, 0.2) is 11.5 Å². The molecule has 0 unspecified atom stereocenters. The van der Waals surface area contributed by atoms with Crippen LogP contribution in [0.15, 0.2) is 41.4 Å². The lowest BCUT2D eigenvalue weighted by atomic mass is 10.1. The van der Waals surface area contributed by atoms with Crippen LogP contribution in [0.1, 0.15) is 16.2 Å². The number of aliphatic hydroxyl groups excluding tert-OH is 1. The molecule has 0 fully saturated rings. The number of ketones is 1. The third-order valence-electron chi connectivity index (χ3n) is 2.59. The normalized spacial score (nSPS) is 11.7. The number of aromatic amines is 1. The molecule has 0 saturated carbocycles. The lowest BCUT2D eigenvalue weighted by Gasteiger charge is -1.98. The van der Waals surface area contributed by atoms with E-state index in [0.29, 0.717) is 5.56 Å². The molecule has 3 heterocycles. The van der Waals surface area contributed by atoms with E-state index in [9.17, 15) is 9.90 Å². The third-order valence-corrected chi connectivity index (χ3v) is 4.55.